The summed E-state index contributed by atoms with van der Waals surface area (Å²) in [7, 11) is 3.59. The topological polar surface area (TPSA) is 116 Å². The Morgan fingerprint density at radius 1 is 1.17 bits per heavy atom. The van der Waals surface area contributed by atoms with Gasteiger partial charge in [-0.1, -0.05) is 0 Å². The van der Waals surface area contributed by atoms with Crippen LogP contribution in [0, 0.1) is 0 Å². The third kappa shape index (κ3) is 5.51. The van der Waals surface area contributed by atoms with Crippen LogP contribution in [-0.4, -0.2) is 100.0 Å². The van der Waals surface area contributed by atoms with Crippen LogP contribution >= 0.6 is 0 Å². The van der Waals surface area contributed by atoms with Crippen molar-refractivity contribution in [1.29, 1.82) is 0 Å². The molecule has 1 aliphatic heterocycles. The highest BCUT2D eigenvalue weighted by atomic mass is 32.2. The summed E-state index contributed by atoms with van der Waals surface area (Å²) in [6, 6.07) is 5.50. The average Bonchev–Trinajstić information content (AvgIpc) is 2.87. The zero-order valence-corrected chi connectivity index (χ0v) is 21.9. The number of rotatable bonds is 9. The number of benzene rings is 1. The van der Waals surface area contributed by atoms with E-state index in [-0.39, 0.29) is 19.7 Å². The van der Waals surface area contributed by atoms with Crippen LogP contribution in [0.15, 0.2) is 30.6 Å². The van der Waals surface area contributed by atoms with Crippen LogP contribution in [0.3, 0.4) is 0 Å². The quantitative estimate of drug-likeness (QED) is 0.417. The lowest BCUT2D eigenvalue weighted by atomic mass is 9.96. The first-order valence-corrected chi connectivity index (χ1v) is 13.3. The Labute approximate surface area is 211 Å². The number of ether oxygens (including phenoxy) is 4. The molecule has 0 spiro atoms. The summed E-state index contributed by atoms with van der Waals surface area (Å²) >= 11 is 0. The van der Waals surface area contributed by atoms with Gasteiger partial charge in [-0.3, -0.25) is 4.98 Å². The van der Waals surface area contributed by atoms with Gasteiger partial charge in [-0.15, -0.1) is 0 Å². The fourth-order valence-corrected chi connectivity index (χ4v) is 4.92. The summed E-state index contributed by atoms with van der Waals surface area (Å²) in [5.74, 6) is 1.33. The van der Waals surface area contributed by atoms with E-state index in [4.69, 9.17) is 18.9 Å². The van der Waals surface area contributed by atoms with E-state index in [1.165, 1.54) is 17.7 Å². The highest BCUT2D eigenvalue weighted by Gasteiger charge is 2.33. The predicted octanol–water partition coefficient (Wildman–Crippen LogP) is 1.98. The van der Waals surface area contributed by atoms with E-state index in [2.05, 4.69) is 15.0 Å². The number of methoxy groups -OCH3 is 2. The number of pyridine rings is 1. The number of likely N-dealkylation sites (N-methyl/N-ethyl adjacent to an activating group) is 1. The molecule has 0 bridgehead atoms. The van der Waals surface area contributed by atoms with Gasteiger partial charge < -0.3 is 23.8 Å². The molecule has 11 nitrogen and oxygen atoms in total. The van der Waals surface area contributed by atoms with Crippen molar-refractivity contribution in [3.63, 3.8) is 0 Å². The van der Waals surface area contributed by atoms with Crippen molar-refractivity contribution in [2.24, 2.45) is 0 Å². The first kappa shape index (κ1) is 26.0. The summed E-state index contributed by atoms with van der Waals surface area (Å²) in [5.41, 5.74) is 3.05. The van der Waals surface area contributed by atoms with Crippen molar-refractivity contribution < 1.29 is 27.4 Å². The Bertz CT molecular complexity index is 1330. The van der Waals surface area contributed by atoms with Crippen LogP contribution in [0.2, 0.25) is 0 Å². The first-order chi connectivity index (χ1) is 17.2. The lowest BCUT2D eigenvalue weighted by Gasteiger charge is -2.33. The van der Waals surface area contributed by atoms with Gasteiger partial charge in [-0.05, 0) is 32.3 Å². The highest BCUT2D eigenvalue weighted by Crippen LogP contribution is 2.44. The molecule has 1 unspecified atom stereocenters. The summed E-state index contributed by atoms with van der Waals surface area (Å²) < 4.78 is 49.6. The van der Waals surface area contributed by atoms with Crippen LogP contribution in [0.4, 0.5) is 0 Å². The number of morpholine rings is 1. The molecule has 0 amide bonds. The van der Waals surface area contributed by atoms with E-state index in [1.54, 1.807) is 19.5 Å². The normalized spacial score (nSPS) is 16.9. The van der Waals surface area contributed by atoms with Crippen molar-refractivity contribution >= 4 is 21.1 Å². The molecule has 2 aromatic heterocycles. The molecule has 3 aromatic rings. The lowest BCUT2D eigenvalue weighted by Crippen LogP contribution is -2.41. The maximum absolute atomic E-state index is 12.3. The number of hydrogen-bond acceptors (Lipinski definition) is 10. The second-order valence-electron chi connectivity index (χ2n) is 8.63. The fourth-order valence-electron chi connectivity index (χ4n) is 4.11. The van der Waals surface area contributed by atoms with E-state index >= 15 is 0 Å². The molecule has 36 heavy (non-hydrogen) atoms. The Morgan fingerprint density at radius 3 is 2.64 bits per heavy atom. The monoisotopic (exact) mass is 517 g/mol. The Kier molecular flexibility index (Phi) is 7.88. The smallest absolute Gasteiger partial charge is 0.242 e. The molecule has 1 saturated heterocycles. The van der Waals surface area contributed by atoms with E-state index in [0.717, 1.165) is 0 Å². The van der Waals surface area contributed by atoms with Gasteiger partial charge in [0.25, 0.3) is 0 Å². The zero-order chi connectivity index (χ0) is 25.9. The molecule has 1 atom stereocenters. The van der Waals surface area contributed by atoms with Gasteiger partial charge in [0.1, 0.15) is 12.7 Å². The summed E-state index contributed by atoms with van der Waals surface area (Å²) in [5, 5.41) is 0. The molecule has 0 N–H and O–H groups in total. The first-order valence-electron chi connectivity index (χ1n) is 11.4. The predicted molar refractivity (Wildman–Crippen MR) is 135 cm³/mol. The molecule has 0 saturated carbocycles. The SMILES string of the molecule is COc1c(OCCN(C)C)ccc(-c2cc3nccnc3c(OC)n2)c1C1CN(S(C)(=O)=O)CCO1. The van der Waals surface area contributed by atoms with Gasteiger partial charge in [-0.2, -0.15) is 4.31 Å². The minimum Gasteiger partial charge on any atom is -0.492 e. The Hall–Kier alpha value is -3.06. The number of fused-ring (bicyclic) bond motifs is 1. The van der Waals surface area contributed by atoms with E-state index < -0.39 is 16.1 Å². The minimum atomic E-state index is -3.42. The maximum Gasteiger partial charge on any atom is 0.242 e. The minimum absolute atomic E-state index is 0.133. The van der Waals surface area contributed by atoms with Crippen LogP contribution < -0.4 is 14.2 Å². The summed E-state index contributed by atoms with van der Waals surface area (Å²) in [4.78, 5) is 15.5. The van der Waals surface area contributed by atoms with Crippen LogP contribution in [-0.2, 0) is 14.8 Å². The molecule has 0 aliphatic carbocycles. The van der Waals surface area contributed by atoms with Crippen LogP contribution in [0.5, 0.6) is 17.4 Å². The van der Waals surface area contributed by atoms with E-state index in [1.807, 2.05) is 37.2 Å². The molecule has 3 heterocycles. The summed E-state index contributed by atoms with van der Waals surface area (Å²) in [6.07, 6.45) is 3.77. The molecule has 1 fully saturated rings. The van der Waals surface area contributed by atoms with Gasteiger partial charge in [0.15, 0.2) is 17.0 Å². The average molecular weight is 518 g/mol. The second-order valence-corrected chi connectivity index (χ2v) is 10.6. The van der Waals surface area contributed by atoms with Crippen molar-refractivity contribution in [2.75, 3.05) is 67.4 Å². The van der Waals surface area contributed by atoms with Gasteiger partial charge >= 0.3 is 0 Å². The van der Waals surface area contributed by atoms with Crippen molar-refractivity contribution in [3.05, 3.63) is 36.2 Å². The molecule has 0 radical (unpaired) electrons. The van der Waals surface area contributed by atoms with Crippen molar-refractivity contribution in [1.82, 2.24) is 24.2 Å². The van der Waals surface area contributed by atoms with Crippen molar-refractivity contribution in [2.45, 2.75) is 6.10 Å². The van der Waals surface area contributed by atoms with Gasteiger partial charge in [-0.25, -0.2) is 18.4 Å². The highest BCUT2D eigenvalue weighted by molar-refractivity contribution is 7.88. The Balaban J connectivity index is 1.88. The zero-order valence-electron chi connectivity index (χ0n) is 21.1. The van der Waals surface area contributed by atoms with Crippen LogP contribution in [0.1, 0.15) is 11.7 Å². The molecule has 194 valence electrons. The number of sulfonamides is 1. The van der Waals surface area contributed by atoms with E-state index in [9.17, 15) is 8.42 Å². The van der Waals surface area contributed by atoms with E-state index in [0.29, 0.717) is 58.4 Å². The third-order valence-electron chi connectivity index (χ3n) is 5.87. The number of hydrogen-bond donors (Lipinski definition) is 0. The van der Waals surface area contributed by atoms with Gasteiger partial charge in [0.2, 0.25) is 15.9 Å². The largest absolute Gasteiger partial charge is 0.492 e. The number of nitrogens with zero attached hydrogens (tertiary/aromatic N) is 5. The van der Waals surface area contributed by atoms with Gasteiger partial charge in [0.05, 0.1) is 38.3 Å². The molecular formula is C24H31N5O6S. The molecule has 1 aromatic carbocycles. The van der Waals surface area contributed by atoms with Crippen LogP contribution in [0.25, 0.3) is 22.3 Å². The standard InChI is InChI=1S/C24H31N5O6S/c1-28(2)10-12-34-19-7-6-16(17-14-18-22(24(27-17)33-4)26-9-8-25-18)21(23(19)32-3)20-15-29(11-13-35-20)36(5,30)31/h6-9,14,20H,10-13,15H2,1-5H3. The second kappa shape index (κ2) is 10.9. The molecule has 4 rings (SSSR count). The molecule has 1 aliphatic rings. The Morgan fingerprint density at radius 2 is 1.94 bits per heavy atom. The molecular weight excluding hydrogens is 486 g/mol. The van der Waals surface area contributed by atoms with Gasteiger partial charge in [0, 0.05) is 43.2 Å². The third-order valence-corrected chi connectivity index (χ3v) is 7.14. The number of aromatic nitrogens is 3. The lowest BCUT2D eigenvalue weighted by molar-refractivity contribution is -0.00340. The van der Waals surface area contributed by atoms with Crippen molar-refractivity contribution in [3.8, 4) is 28.6 Å². The maximum atomic E-state index is 12.3. The molecule has 12 heteroatoms. The fraction of sp³-hybridized carbons (Fsp3) is 0.458. The summed E-state index contributed by atoms with van der Waals surface area (Å²) in [6.45, 7) is 1.81.